The lowest BCUT2D eigenvalue weighted by Gasteiger charge is -2.39. The van der Waals surface area contributed by atoms with Crippen molar-refractivity contribution in [1.82, 2.24) is 0 Å². The Kier molecular flexibility index (Phi) is 3.81. The molecule has 1 aliphatic heterocycles. The smallest absolute Gasteiger partial charge is 0.360 e. The van der Waals surface area contributed by atoms with E-state index in [2.05, 4.69) is 0 Å². The molecule has 0 unspecified atom stereocenters. The zero-order valence-electron chi connectivity index (χ0n) is 13.6. The van der Waals surface area contributed by atoms with Gasteiger partial charge in [-0.3, -0.25) is 0 Å². The summed E-state index contributed by atoms with van der Waals surface area (Å²) in [5.74, 6) is -0.321. The van der Waals surface area contributed by atoms with E-state index in [0.29, 0.717) is 42.8 Å². The predicted molar refractivity (Wildman–Crippen MR) is 94.2 cm³/mol. The van der Waals surface area contributed by atoms with Crippen LogP contribution in [0, 0.1) is 5.82 Å². The first-order valence-corrected chi connectivity index (χ1v) is 8.31. The first kappa shape index (κ1) is 15.8. The fraction of sp³-hybridized carbons (Fsp3) is 0.250. The van der Waals surface area contributed by atoms with Gasteiger partial charge in [-0.05, 0) is 42.7 Å². The van der Waals surface area contributed by atoms with Crippen LogP contribution in [0.2, 0.25) is 0 Å². The lowest BCUT2D eigenvalue weighted by Crippen LogP contribution is -2.44. The van der Waals surface area contributed by atoms with Crippen molar-refractivity contribution < 1.29 is 13.9 Å². The van der Waals surface area contributed by atoms with Gasteiger partial charge in [0.1, 0.15) is 17.1 Å². The number of hydrogen-bond acceptors (Lipinski definition) is 4. The van der Waals surface area contributed by atoms with Crippen LogP contribution in [-0.4, -0.2) is 18.2 Å². The molecule has 1 aliphatic rings. The summed E-state index contributed by atoms with van der Waals surface area (Å²) in [6.45, 7) is 1.05. The molecule has 4 nitrogen and oxygen atoms in total. The van der Waals surface area contributed by atoms with Crippen LogP contribution in [0.25, 0.3) is 11.0 Å². The summed E-state index contributed by atoms with van der Waals surface area (Å²) in [5.41, 5.74) is 0.419. The Bertz CT molecular complexity index is 957. The number of nitrogens with zero attached hydrogens (tertiary/aromatic N) is 1. The van der Waals surface area contributed by atoms with E-state index in [1.54, 1.807) is 18.2 Å². The number of benzene rings is 2. The number of piperidine rings is 1. The standard InChI is InChI=1S/C20H18FNO3/c21-16-7-5-15(6-8-16)20(24)9-11-22(12-10-20)17-13-14-3-1-2-4-18(14)25-19(17)23/h1-8,13,24H,9-12H2. The number of anilines is 1. The summed E-state index contributed by atoms with van der Waals surface area (Å²) < 4.78 is 18.5. The highest BCUT2D eigenvalue weighted by molar-refractivity contribution is 5.79. The molecule has 2 aromatic carbocycles. The molecule has 4 rings (SSSR count). The summed E-state index contributed by atoms with van der Waals surface area (Å²) in [6.07, 6.45) is 0.926. The van der Waals surface area contributed by atoms with Gasteiger partial charge in [-0.1, -0.05) is 30.3 Å². The SMILES string of the molecule is O=c1oc2ccccc2cc1N1CCC(O)(c2ccc(F)cc2)CC1. The highest BCUT2D eigenvalue weighted by Crippen LogP contribution is 2.34. The van der Waals surface area contributed by atoms with Crippen LogP contribution >= 0.6 is 0 Å². The minimum atomic E-state index is -0.999. The molecule has 128 valence electrons. The van der Waals surface area contributed by atoms with Gasteiger partial charge in [-0.25, -0.2) is 9.18 Å². The van der Waals surface area contributed by atoms with E-state index in [1.165, 1.54) is 12.1 Å². The molecular weight excluding hydrogens is 321 g/mol. The highest BCUT2D eigenvalue weighted by atomic mass is 19.1. The maximum absolute atomic E-state index is 13.1. The first-order valence-electron chi connectivity index (χ1n) is 8.31. The fourth-order valence-corrected chi connectivity index (χ4v) is 3.44. The average molecular weight is 339 g/mol. The molecule has 2 heterocycles. The van der Waals surface area contributed by atoms with Crippen molar-refractivity contribution in [2.45, 2.75) is 18.4 Å². The van der Waals surface area contributed by atoms with Crippen molar-refractivity contribution in [3.05, 3.63) is 76.4 Å². The monoisotopic (exact) mass is 339 g/mol. The van der Waals surface area contributed by atoms with Crippen LogP contribution in [0.15, 0.2) is 63.8 Å². The largest absolute Gasteiger partial charge is 0.421 e. The van der Waals surface area contributed by atoms with Crippen LogP contribution in [0.5, 0.6) is 0 Å². The highest BCUT2D eigenvalue weighted by Gasteiger charge is 2.34. The summed E-state index contributed by atoms with van der Waals surface area (Å²) >= 11 is 0. The Balaban J connectivity index is 1.58. The van der Waals surface area contributed by atoms with Crippen LogP contribution in [-0.2, 0) is 5.60 Å². The molecule has 3 aromatic rings. The lowest BCUT2D eigenvalue weighted by molar-refractivity contribution is 0.0116. The van der Waals surface area contributed by atoms with E-state index in [4.69, 9.17) is 4.42 Å². The molecule has 0 atom stereocenters. The zero-order valence-corrected chi connectivity index (χ0v) is 13.6. The van der Waals surface area contributed by atoms with E-state index in [9.17, 15) is 14.3 Å². The van der Waals surface area contributed by atoms with E-state index in [-0.39, 0.29) is 11.4 Å². The van der Waals surface area contributed by atoms with Crippen molar-refractivity contribution in [2.24, 2.45) is 0 Å². The summed E-state index contributed by atoms with van der Waals surface area (Å²) in [5, 5.41) is 11.8. The van der Waals surface area contributed by atoms with Gasteiger partial charge in [-0.15, -0.1) is 0 Å². The number of hydrogen-bond donors (Lipinski definition) is 1. The number of halogens is 1. The van der Waals surface area contributed by atoms with Gasteiger partial charge in [0.15, 0.2) is 0 Å². The normalized spacial score (nSPS) is 17.0. The third-order valence-corrected chi connectivity index (χ3v) is 4.94. The van der Waals surface area contributed by atoms with Gasteiger partial charge in [0, 0.05) is 18.5 Å². The van der Waals surface area contributed by atoms with Crippen LogP contribution in [0.1, 0.15) is 18.4 Å². The molecule has 1 fully saturated rings. The minimum absolute atomic E-state index is 0.321. The Morgan fingerprint density at radius 3 is 2.44 bits per heavy atom. The molecule has 0 amide bonds. The Labute approximate surface area is 144 Å². The quantitative estimate of drug-likeness (QED) is 0.727. The van der Waals surface area contributed by atoms with Gasteiger partial charge >= 0.3 is 5.63 Å². The van der Waals surface area contributed by atoms with Crippen LogP contribution in [0.3, 0.4) is 0 Å². The summed E-state index contributed by atoms with van der Waals surface area (Å²) in [7, 11) is 0. The molecule has 1 saturated heterocycles. The number of para-hydroxylation sites is 1. The minimum Gasteiger partial charge on any atom is -0.421 e. The third kappa shape index (κ3) is 2.91. The number of fused-ring (bicyclic) bond motifs is 1. The molecular formula is C20H18FNO3. The van der Waals surface area contributed by atoms with E-state index < -0.39 is 5.60 Å². The van der Waals surface area contributed by atoms with Crippen molar-refractivity contribution in [1.29, 1.82) is 0 Å². The second kappa shape index (κ2) is 6.01. The second-order valence-corrected chi connectivity index (χ2v) is 6.48. The summed E-state index contributed by atoms with van der Waals surface area (Å²) in [4.78, 5) is 14.2. The number of aliphatic hydroxyl groups is 1. The summed E-state index contributed by atoms with van der Waals surface area (Å²) in [6, 6.07) is 15.2. The Morgan fingerprint density at radius 1 is 1.04 bits per heavy atom. The average Bonchev–Trinajstić information content (AvgIpc) is 2.62. The Hall–Kier alpha value is -2.66. The fourth-order valence-electron chi connectivity index (χ4n) is 3.44. The van der Waals surface area contributed by atoms with Gasteiger partial charge in [-0.2, -0.15) is 0 Å². The first-order chi connectivity index (χ1) is 12.0. The van der Waals surface area contributed by atoms with Crippen molar-refractivity contribution in [2.75, 3.05) is 18.0 Å². The van der Waals surface area contributed by atoms with Crippen LogP contribution in [0.4, 0.5) is 10.1 Å². The zero-order chi connectivity index (χ0) is 17.4. The maximum Gasteiger partial charge on any atom is 0.360 e. The van der Waals surface area contributed by atoms with E-state index >= 15 is 0 Å². The Morgan fingerprint density at radius 2 is 1.72 bits per heavy atom. The molecule has 0 aliphatic carbocycles. The van der Waals surface area contributed by atoms with Gasteiger partial charge in [0.05, 0.1) is 5.60 Å². The maximum atomic E-state index is 13.1. The molecule has 1 aromatic heterocycles. The van der Waals surface area contributed by atoms with Gasteiger partial charge in [0.25, 0.3) is 0 Å². The third-order valence-electron chi connectivity index (χ3n) is 4.94. The lowest BCUT2D eigenvalue weighted by atomic mass is 9.84. The van der Waals surface area contributed by atoms with Crippen molar-refractivity contribution in [3.63, 3.8) is 0 Å². The number of rotatable bonds is 2. The van der Waals surface area contributed by atoms with Crippen molar-refractivity contribution in [3.8, 4) is 0 Å². The van der Waals surface area contributed by atoms with Gasteiger partial charge in [0.2, 0.25) is 0 Å². The van der Waals surface area contributed by atoms with Gasteiger partial charge < -0.3 is 14.4 Å². The second-order valence-electron chi connectivity index (χ2n) is 6.48. The van der Waals surface area contributed by atoms with E-state index in [0.717, 1.165) is 5.39 Å². The molecule has 0 saturated carbocycles. The predicted octanol–water partition coefficient (Wildman–Crippen LogP) is 3.42. The van der Waals surface area contributed by atoms with Crippen LogP contribution < -0.4 is 10.5 Å². The molecule has 25 heavy (non-hydrogen) atoms. The van der Waals surface area contributed by atoms with E-state index in [1.807, 2.05) is 29.2 Å². The molecule has 1 N–H and O–H groups in total. The van der Waals surface area contributed by atoms with Crippen molar-refractivity contribution >= 4 is 16.7 Å². The molecule has 0 radical (unpaired) electrons. The molecule has 5 heteroatoms. The molecule has 0 bridgehead atoms. The molecule has 0 spiro atoms. The topological polar surface area (TPSA) is 53.7 Å².